The summed E-state index contributed by atoms with van der Waals surface area (Å²) in [7, 11) is -1.19. The van der Waals surface area contributed by atoms with E-state index in [1.165, 1.54) is 63.8 Å². The van der Waals surface area contributed by atoms with Gasteiger partial charge in [0.05, 0.1) is 8.07 Å². The average Bonchev–Trinajstić information content (AvgIpc) is 2.60. The second kappa shape index (κ2) is 13.7. The van der Waals surface area contributed by atoms with E-state index in [-0.39, 0.29) is 0 Å². The van der Waals surface area contributed by atoms with Crippen molar-refractivity contribution in [3.63, 3.8) is 0 Å². The fourth-order valence-corrected chi connectivity index (χ4v) is 5.81. The van der Waals surface area contributed by atoms with Crippen LogP contribution in [0, 0.1) is 0 Å². The van der Waals surface area contributed by atoms with Gasteiger partial charge in [0.2, 0.25) is 0 Å². The molecule has 0 aliphatic carbocycles. The summed E-state index contributed by atoms with van der Waals surface area (Å²) in [6.07, 6.45) is 13.7. The number of ether oxygens (including phenoxy) is 1. The molecular weight excluding hydrogens is 308 g/mol. The number of hydrogen-bond donors (Lipinski definition) is 0. The predicted molar refractivity (Wildman–Crippen MR) is 111 cm³/mol. The Morgan fingerprint density at radius 1 is 0.708 bits per heavy atom. The normalized spacial score (nSPS) is 11.8. The minimum absolute atomic E-state index is 0.934. The molecule has 0 saturated carbocycles. The van der Waals surface area contributed by atoms with Crippen LogP contribution in [-0.2, 0) is 4.74 Å². The molecule has 0 aromatic heterocycles. The molecule has 0 unspecified atom stereocenters. The van der Waals surface area contributed by atoms with Crippen LogP contribution < -0.4 is 5.19 Å². The minimum Gasteiger partial charge on any atom is -0.381 e. The van der Waals surface area contributed by atoms with E-state index in [0.29, 0.717) is 0 Å². The third kappa shape index (κ3) is 10.3. The van der Waals surface area contributed by atoms with Crippen molar-refractivity contribution in [1.82, 2.24) is 0 Å². The van der Waals surface area contributed by atoms with Gasteiger partial charge in [0.15, 0.2) is 0 Å². The van der Waals surface area contributed by atoms with Gasteiger partial charge in [0, 0.05) is 13.2 Å². The van der Waals surface area contributed by atoms with Crippen LogP contribution in [0.2, 0.25) is 19.1 Å². The summed E-state index contributed by atoms with van der Waals surface area (Å²) in [6, 6.07) is 12.6. The quantitative estimate of drug-likeness (QED) is 0.258. The second-order valence-corrected chi connectivity index (χ2v) is 12.6. The smallest absolute Gasteiger partial charge is 0.0806 e. The predicted octanol–water partition coefficient (Wildman–Crippen LogP) is 6.54. The fraction of sp³-hybridized carbons (Fsp3) is 0.727. The zero-order valence-electron chi connectivity index (χ0n) is 16.5. The van der Waals surface area contributed by atoms with E-state index in [1.807, 2.05) is 0 Å². The molecule has 24 heavy (non-hydrogen) atoms. The molecule has 0 radical (unpaired) electrons. The van der Waals surface area contributed by atoms with Crippen molar-refractivity contribution in [2.24, 2.45) is 0 Å². The van der Waals surface area contributed by atoms with Gasteiger partial charge >= 0.3 is 0 Å². The summed E-state index contributed by atoms with van der Waals surface area (Å²) in [4.78, 5) is 0. The van der Waals surface area contributed by atoms with Crippen LogP contribution in [0.15, 0.2) is 30.3 Å². The highest BCUT2D eigenvalue weighted by molar-refractivity contribution is 6.89. The summed E-state index contributed by atoms with van der Waals surface area (Å²) in [5, 5.41) is 1.62. The first-order chi connectivity index (χ1) is 11.7. The van der Waals surface area contributed by atoms with E-state index in [9.17, 15) is 0 Å². The fourth-order valence-electron chi connectivity index (χ4n) is 3.29. The molecule has 2 heteroatoms. The number of hydrogen-bond acceptors (Lipinski definition) is 1. The van der Waals surface area contributed by atoms with Crippen LogP contribution in [0.5, 0.6) is 0 Å². The SMILES string of the molecule is CCCOCCCCCCCCCCC[Si](C)(C)c1ccccc1. The lowest BCUT2D eigenvalue weighted by Gasteiger charge is -2.22. The van der Waals surface area contributed by atoms with E-state index in [1.54, 1.807) is 5.19 Å². The maximum absolute atomic E-state index is 5.52. The summed E-state index contributed by atoms with van der Waals surface area (Å²) >= 11 is 0. The molecule has 1 aromatic rings. The molecule has 0 saturated heterocycles. The molecule has 0 bridgehead atoms. The van der Waals surface area contributed by atoms with E-state index in [0.717, 1.165) is 19.6 Å². The molecule has 1 aromatic carbocycles. The van der Waals surface area contributed by atoms with Crippen molar-refractivity contribution in [3.8, 4) is 0 Å². The van der Waals surface area contributed by atoms with Gasteiger partial charge in [-0.2, -0.15) is 0 Å². The lowest BCUT2D eigenvalue weighted by molar-refractivity contribution is 0.130. The van der Waals surface area contributed by atoms with Crippen LogP contribution in [0.25, 0.3) is 0 Å². The lowest BCUT2D eigenvalue weighted by Crippen LogP contribution is -2.40. The lowest BCUT2D eigenvalue weighted by atomic mass is 10.1. The highest BCUT2D eigenvalue weighted by Crippen LogP contribution is 2.17. The molecule has 0 aliphatic rings. The molecular formula is C22H40OSi. The van der Waals surface area contributed by atoms with Gasteiger partial charge in [-0.15, -0.1) is 0 Å². The monoisotopic (exact) mass is 348 g/mol. The van der Waals surface area contributed by atoms with Crippen LogP contribution in [0.4, 0.5) is 0 Å². The van der Waals surface area contributed by atoms with E-state index >= 15 is 0 Å². The number of unbranched alkanes of at least 4 members (excludes halogenated alkanes) is 8. The van der Waals surface area contributed by atoms with Crippen molar-refractivity contribution in [2.75, 3.05) is 13.2 Å². The zero-order chi connectivity index (χ0) is 17.5. The zero-order valence-corrected chi connectivity index (χ0v) is 17.5. The molecule has 138 valence electrons. The summed E-state index contributed by atoms with van der Waals surface area (Å²) in [6.45, 7) is 9.11. The maximum atomic E-state index is 5.52. The highest BCUT2D eigenvalue weighted by Gasteiger charge is 2.21. The first kappa shape index (κ1) is 21.4. The van der Waals surface area contributed by atoms with Gasteiger partial charge in [-0.05, 0) is 12.8 Å². The van der Waals surface area contributed by atoms with Gasteiger partial charge in [0.1, 0.15) is 0 Å². The van der Waals surface area contributed by atoms with E-state index in [2.05, 4.69) is 50.3 Å². The summed E-state index contributed by atoms with van der Waals surface area (Å²) in [5.41, 5.74) is 0. The number of rotatable bonds is 15. The van der Waals surface area contributed by atoms with Gasteiger partial charge in [-0.1, -0.05) is 113 Å². The van der Waals surface area contributed by atoms with Crippen LogP contribution in [-0.4, -0.2) is 21.3 Å². The molecule has 0 heterocycles. The molecule has 0 N–H and O–H groups in total. The van der Waals surface area contributed by atoms with Gasteiger partial charge < -0.3 is 4.74 Å². The molecule has 0 fully saturated rings. The molecule has 0 atom stereocenters. The Morgan fingerprint density at radius 2 is 1.25 bits per heavy atom. The Labute approximate surface area is 152 Å². The van der Waals surface area contributed by atoms with Crippen LogP contribution in [0.3, 0.4) is 0 Å². The third-order valence-corrected chi connectivity index (χ3v) is 8.49. The number of benzene rings is 1. The maximum Gasteiger partial charge on any atom is 0.0806 e. The largest absolute Gasteiger partial charge is 0.381 e. The molecule has 1 nitrogen and oxygen atoms in total. The third-order valence-electron chi connectivity index (χ3n) is 4.99. The van der Waals surface area contributed by atoms with Crippen molar-refractivity contribution in [3.05, 3.63) is 30.3 Å². The highest BCUT2D eigenvalue weighted by atomic mass is 28.3. The first-order valence-corrected chi connectivity index (χ1v) is 13.5. The van der Waals surface area contributed by atoms with Gasteiger partial charge in [-0.3, -0.25) is 0 Å². The molecule has 1 rings (SSSR count). The second-order valence-electron chi connectivity index (χ2n) is 7.79. The summed E-state index contributed by atoms with van der Waals surface area (Å²) < 4.78 is 5.52. The van der Waals surface area contributed by atoms with Crippen LogP contribution in [0.1, 0.15) is 71.1 Å². The van der Waals surface area contributed by atoms with Crippen molar-refractivity contribution in [2.45, 2.75) is 90.3 Å². The van der Waals surface area contributed by atoms with E-state index < -0.39 is 8.07 Å². The van der Waals surface area contributed by atoms with Crippen molar-refractivity contribution in [1.29, 1.82) is 0 Å². The Morgan fingerprint density at radius 3 is 1.83 bits per heavy atom. The van der Waals surface area contributed by atoms with E-state index in [4.69, 9.17) is 4.74 Å². The van der Waals surface area contributed by atoms with Crippen LogP contribution >= 0.6 is 0 Å². The Hall–Kier alpha value is -0.603. The molecule has 0 aliphatic heterocycles. The summed E-state index contributed by atoms with van der Waals surface area (Å²) in [5.74, 6) is 0. The van der Waals surface area contributed by atoms with Crippen molar-refractivity contribution < 1.29 is 4.74 Å². The average molecular weight is 349 g/mol. The first-order valence-electron chi connectivity index (χ1n) is 10.3. The topological polar surface area (TPSA) is 9.23 Å². The van der Waals surface area contributed by atoms with Crippen molar-refractivity contribution >= 4 is 13.3 Å². The Balaban J connectivity index is 1.90. The Bertz CT molecular complexity index is 388. The minimum atomic E-state index is -1.19. The van der Waals surface area contributed by atoms with Gasteiger partial charge in [0.25, 0.3) is 0 Å². The standard InChI is InChI=1S/C22H40OSi/c1-4-19-23-20-15-10-8-6-5-7-9-11-16-21-24(2,3)22-17-13-12-14-18-22/h12-14,17-18H,4-11,15-16,19-21H2,1-3H3. The molecule has 0 spiro atoms. The van der Waals surface area contributed by atoms with Gasteiger partial charge in [-0.25, -0.2) is 0 Å². The molecule has 0 amide bonds. The Kier molecular flexibility index (Phi) is 12.2.